The summed E-state index contributed by atoms with van der Waals surface area (Å²) < 4.78 is 0. The van der Waals surface area contributed by atoms with Crippen molar-refractivity contribution < 1.29 is 4.79 Å². The maximum atomic E-state index is 11.7. The summed E-state index contributed by atoms with van der Waals surface area (Å²) in [4.78, 5) is 15.6. The maximum Gasteiger partial charge on any atom is 0.257 e. The SMILES string of the molecule is Nc1ccc(NC(=O)c2cccnc2)cc1. The van der Waals surface area contributed by atoms with Crippen molar-refractivity contribution in [3.05, 3.63) is 54.4 Å². The summed E-state index contributed by atoms with van der Waals surface area (Å²) in [5.41, 5.74) is 7.45. The Morgan fingerprint density at radius 1 is 1.19 bits per heavy atom. The topological polar surface area (TPSA) is 68.0 Å². The summed E-state index contributed by atoms with van der Waals surface area (Å²) >= 11 is 0. The summed E-state index contributed by atoms with van der Waals surface area (Å²) in [6.07, 6.45) is 3.15. The van der Waals surface area contributed by atoms with Gasteiger partial charge in [-0.05, 0) is 36.4 Å². The van der Waals surface area contributed by atoms with E-state index in [1.54, 1.807) is 42.6 Å². The highest BCUT2D eigenvalue weighted by molar-refractivity contribution is 6.04. The zero-order chi connectivity index (χ0) is 11.4. The molecule has 0 unspecified atom stereocenters. The molecule has 0 aliphatic carbocycles. The third-order valence-electron chi connectivity index (χ3n) is 2.09. The van der Waals surface area contributed by atoms with E-state index in [0.717, 1.165) is 0 Å². The maximum absolute atomic E-state index is 11.7. The number of aromatic nitrogens is 1. The lowest BCUT2D eigenvalue weighted by atomic mass is 10.2. The van der Waals surface area contributed by atoms with Gasteiger partial charge in [0.25, 0.3) is 5.91 Å². The van der Waals surface area contributed by atoms with Crippen molar-refractivity contribution in [3.63, 3.8) is 0 Å². The summed E-state index contributed by atoms with van der Waals surface area (Å²) in [6.45, 7) is 0. The first-order valence-electron chi connectivity index (χ1n) is 4.82. The molecule has 1 heterocycles. The molecule has 1 aromatic carbocycles. The number of benzene rings is 1. The predicted octanol–water partition coefficient (Wildman–Crippen LogP) is 1.92. The Labute approximate surface area is 93.1 Å². The van der Waals surface area contributed by atoms with E-state index < -0.39 is 0 Å². The second kappa shape index (κ2) is 4.44. The smallest absolute Gasteiger partial charge is 0.257 e. The Kier molecular flexibility index (Phi) is 2.82. The lowest BCUT2D eigenvalue weighted by Gasteiger charge is -2.04. The number of carbonyl (C=O) groups excluding carboxylic acids is 1. The number of nitrogens with two attached hydrogens (primary N) is 1. The number of amides is 1. The number of anilines is 2. The second-order valence-corrected chi connectivity index (χ2v) is 3.32. The zero-order valence-corrected chi connectivity index (χ0v) is 8.55. The summed E-state index contributed by atoms with van der Waals surface area (Å²) in [5.74, 6) is -0.183. The molecule has 0 aliphatic rings. The van der Waals surface area contributed by atoms with Crippen LogP contribution in [0.1, 0.15) is 10.4 Å². The van der Waals surface area contributed by atoms with Crippen LogP contribution >= 0.6 is 0 Å². The number of rotatable bonds is 2. The van der Waals surface area contributed by atoms with Gasteiger partial charge in [-0.2, -0.15) is 0 Å². The normalized spacial score (nSPS) is 9.75. The molecular formula is C12H11N3O. The van der Waals surface area contributed by atoms with Crippen molar-refractivity contribution in [2.75, 3.05) is 11.1 Å². The van der Waals surface area contributed by atoms with Gasteiger partial charge in [-0.3, -0.25) is 9.78 Å². The molecule has 0 fully saturated rings. The molecule has 0 radical (unpaired) electrons. The molecule has 3 N–H and O–H groups in total. The molecule has 0 spiro atoms. The number of hydrogen-bond acceptors (Lipinski definition) is 3. The van der Waals surface area contributed by atoms with E-state index in [-0.39, 0.29) is 5.91 Å². The second-order valence-electron chi connectivity index (χ2n) is 3.32. The van der Waals surface area contributed by atoms with Crippen LogP contribution in [-0.2, 0) is 0 Å². The van der Waals surface area contributed by atoms with Gasteiger partial charge in [-0.15, -0.1) is 0 Å². The molecule has 0 aliphatic heterocycles. The van der Waals surface area contributed by atoms with Crippen LogP contribution in [0.3, 0.4) is 0 Å². The van der Waals surface area contributed by atoms with Gasteiger partial charge in [0, 0.05) is 23.8 Å². The highest BCUT2D eigenvalue weighted by Gasteiger charge is 2.04. The van der Waals surface area contributed by atoms with Crippen molar-refractivity contribution in [2.45, 2.75) is 0 Å². The minimum absolute atomic E-state index is 0.183. The van der Waals surface area contributed by atoms with Gasteiger partial charge in [-0.1, -0.05) is 0 Å². The lowest BCUT2D eigenvalue weighted by molar-refractivity contribution is 0.102. The molecule has 0 saturated heterocycles. The fourth-order valence-corrected chi connectivity index (χ4v) is 1.27. The lowest BCUT2D eigenvalue weighted by Crippen LogP contribution is -2.11. The molecule has 1 amide bonds. The highest BCUT2D eigenvalue weighted by atomic mass is 16.1. The van der Waals surface area contributed by atoms with E-state index in [0.29, 0.717) is 16.9 Å². The van der Waals surface area contributed by atoms with Crippen LogP contribution in [0.15, 0.2) is 48.8 Å². The van der Waals surface area contributed by atoms with Gasteiger partial charge >= 0.3 is 0 Å². The summed E-state index contributed by atoms with van der Waals surface area (Å²) in [5, 5.41) is 2.75. The first kappa shape index (κ1) is 10.2. The van der Waals surface area contributed by atoms with Crippen molar-refractivity contribution in [1.29, 1.82) is 0 Å². The molecule has 4 heteroatoms. The quantitative estimate of drug-likeness (QED) is 0.749. The Morgan fingerprint density at radius 3 is 2.56 bits per heavy atom. The predicted molar refractivity (Wildman–Crippen MR) is 63.0 cm³/mol. The summed E-state index contributed by atoms with van der Waals surface area (Å²) in [6, 6.07) is 10.4. The number of nitrogens with zero attached hydrogens (tertiary/aromatic N) is 1. The van der Waals surface area contributed by atoms with Gasteiger partial charge in [0.15, 0.2) is 0 Å². The molecule has 2 aromatic rings. The molecule has 4 nitrogen and oxygen atoms in total. The first-order valence-corrected chi connectivity index (χ1v) is 4.82. The number of pyridine rings is 1. The fraction of sp³-hybridized carbons (Fsp3) is 0. The van der Waals surface area contributed by atoms with Gasteiger partial charge in [-0.25, -0.2) is 0 Å². The van der Waals surface area contributed by atoms with Crippen LogP contribution in [-0.4, -0.2) is 10.9 Å². The molecular weight excluding hydrogens is 202 g/mol. The Balaban J connectivity index is 2.11. The van der Waals surface area contributed by atoms with Crippen LogP contribution in [0.4, 0.5) is 11.4 Å². The molecule has 16 heavy (non-hydrogen) atoms. The van der Waals surface area contributed by atoms with E-state index in [4.69, 9.17) is 5.73 Å². The van der Waals surface area contributed by atoms with Crippen LogP contribution in [0.2, 0.25) is 0 Å². The van der Waals surface area contributed by atoms with Gasteiger partial charge in [0.2, 0.25) is 0 Å². The minimum atomic E-state index is -0.183. The van der Waals surface area contributed by atoms with Crippen molar-refractivity contribution in [2.24, 2.45) is 0 Å². The largest absolute Gasteiger partial charge is 0.399 e. The Bertz CT molecular complexity index is 479. The van der Waals surface area contributed by atoms with E-state index in [9.17, 15) is 4.79 Å². The van der Waals surface area contributed by atoms with Crippen molar-refractivity contribution in [1.82, 2.24) is 4.98 Å². The standard InChI is InChI=1S/C12H11N3O/c13-10-3-5-11(6-4-10)15-12(16)9-2-1-7-14-8-9/h1-8H,13H2,(H,15,16). The number of carbonyl (C=O) groups is 1. The average Bonchev–Trinajstić information content (AvgIpc) is 2.33. The monoisotopic (exact) mass is 213 g/mol. The Morgan fingerprint density at radius 2 is 1.94 bits per heavy atom. The number of hydrogen-bond donors (Lipinski definition) is 2. The molecule has 1 aromatic heterocycles. The minimum Gasteiger partial charge on any atom is -0.399 e. The summed E-state index contributed by atoms with van der Waals surface area (Å²) in [7, 11) is 0. The van der Waals surface area contributed by atoms with Crippen LogP contribution in [0.25, 0.3) is 0 Å². The average molecular weight is 213 g/mol. The molecule has 0 atom stereocenters. The molecule has 80 valence electrons. The van der Waals surface area contributed by atoms with E-state index in [1.165, 1.54) is 6.20 Å². The highest BCUT2D eigenvalue weighted by Crippen LogP contribution is 2.11. The molecule has 0 bridgehead atoms. The third-order valence-corrected chi connectivity index (χ3v) is 2.09. The van der Waals surface area contributed by atoms with E-state index in [2.05, 4.69) is 10.3 Å². The number of nitrogens with one attached hydrogen (secondary N) is 1. The van der Waals surface area contributed by atoms with E-state index >= 15 is 0 Å². The van der Waals surface area contributed by atoms with Crippen LogP contribution in [0, 0.1) is 0 Å². The van der Waals surface area contributed by atoms with E-state index in [1.807, 2.05) is 0 Å². The first-order chi connectivity index (χ1) is 7.75. The van der Waals surface area contributed by atoms with Crippen LogP contribution in [0.5, 0.6) is 0 Å². The molecule has 0 saturated carbocycles. The van der Waals surface area contributed by atoms with Gasteiger partial charge < -0.3 is 11.1 Å². The Hall–Kier alpha value is -2.36. The fourth-order valence-electron chi connectivity index (χ4n) is 1.27. The number of nitrogen functional groups attached to an aromatic ring is 1. The third kappa shape index (κ3) is 2.36. The zero-order valence-electron chi connectivity index (χ0n) is 8.55. The molecule has 2 rings (SSSR count). The van der Waals surface area contributed by atoms with Gasteiger partial charge in [0.1, 0.15) is 0 Å². The van der Waals surface area contributed by atoms with Gasteiger partial charge in [0.05, 0.1) is 5.56 Å². The van der Waals surface area contributed by atoms with Crippen molar-refractivity contribution in [3.8, 4) is 0 Å². The van der Waals surface area contributed by atoms with Crippen molar-refractivity contribution >= 4 is 17.3 Å². The van der Waals surface area contributed by atoms with Crippen LogP contribution < -0.4 is 11.1 Å².